The van der Waals surface area contributed by atoms with Crippen LogP contribution < -0.4 is 5.32 Å². The van der Waals surface area contributed by atoms with Gasteiger partial charge in [0.1, 0.15) is 0 Å². The van der Waals surface area contributed by atoms with Crippen LogP contribution in [0.3, 0.4) is 0 Å². The Labute approximate surface area is 86.3 Å². The van der Waals surface area contributed by atoms with E-state index in [4.69, 9.17) is 5.11 Å². The lowest BCUT2D eigenvalue weighted by Gasteiger charge is -2.24. The molecule has 0 bridgehead atoms. The van der Waals surface area contributed by atoms with Gasteiger partial charge in [0.2, 0.25) is 5.91 Å². The summed E-state index contributed by atoms with van der Waals surface area (Å²) >= 11 is 0. The maximum atomic E-state index is 11.7. The summed E-state index contributed by atoms with van der Waals surface area (Å²) in [6.07, 6.45) is 1.82. The second-order valence-corrected chi connectivity index (χ2v) is 3.86. The average Bonchev–Trinajstić information content (AvgIpc) is 2.13. The molecule has 0 saturated carbocycles. The Balaban J connectivity index is 4.15. The van der Waals surface area contributed by atoms with Crippen LogP contribution in [0.2, 0.25) is 0 Å². The van der Waals surface area contributed by atoms with Gasteiger partial charge in [-0.1, -0.05) is 13.3 Å². The highest BCUT2D eigenvalue weighted by atomic mass is 16.3. The monoisotopic (exact) mass is 202 g/mol. The number of carbonyl (C=O) groups is 1. The zero-order valence-electron chi connectivity index (χ0n) is 9.58. The predicted octanol–water partition coefficient (Wildman–Crippen LogP) is 0.214. The molecule has 4 nitrogen and oxygen atoms in total. The highest BCUT2D eigenvalue weighted by Gasteiger charge is 2.20. The quantitative estimate of drug-likeness (QED) is 0.647. The zero-order chi connectivity index (χ0) is 11.1. The van der Waals surface area contributed by atoms with Crippen LogP contribution in [0.1, 0.15) is 26.7 Å². The van der Waals surface area contributed by atoms with Crippen LogP contribution in [0.15, 0.2) is 0 Å². The molecule has 14 heavy (non-hydrogen) atoms. The number of aliphatic hydroxyl groups is 1. The molecule has 0 saturated heterocycles. The zero-order valence-corrected chi connectivity index (χ0v) is 9.58. The fourth-order valence-corrected chi connectivity index (χ4v) is 1.28. The lowest BCUT2D eigenvalue weighted by Crippen LogP contribution is -2.47. The largest absolute Gasteiger partial charge is 0.394 e. The van der Waals surface area contributed by atoms with E-state index in [-0.39, 0.29) is 24.6 Å². The third-order valence-electron chi connectivity index (χ3n) is 2.15. The molecule has 1 amide bonds. The van der Waals surface area contributed by atoms with E-state index in [0.29, 0.717) is 0 Å². The van der Waals surface area contributed by atoms with E-state index in [1.165, 1.54) is 0 Å². The first-order valence-corrected chi connectivity index (χ1v) is 5.10. The van der Waals surface area contributed by atoms with Crippen molar-refractivity contribution in [2.75, 3.05) is 20.7 Å². The number of amides is 1. The Hall–Kier alpha value is -0.610. The Morgan fingerprint density at radius 3 is 2.43 bits per heavy atom. The number of likely N-dealkylation sites (N-methyl/N-ethyl adjacent to an activating group) is 1. The van der Waals surface area contributed by atoms with Crippen LogP contribution in [0.5, 0.6) is 0 Å². The molecule has 0 aromatic carbocycles. The Morgan fingerprint density at radius 1 is 1.50 bits per heavy atom. The number of rotatable bonds is 6. The molecule has 84 valence electrons. The molecular weight excluding hydrogens is 180 g/mol. The van der Waals surface area contributed by atoms with E-state index in [2.05, 4.69) is 12.2 Å². The van der Waals surface area contributed by atoms with Gasteiger partial charge >= 0.3 is 0 Å². The molecule has 4 heteroatoms. The molecule has 0 aromatic rings. The standard InChI is InChI=1S/C10H22N2O2/c1-5-6-9(12(3)4)10(14)11-8(2)7-13/h8-9,13H,5-7H2,1-4H3,(H,11,14). The number of nitrogens with zero attached hydrogens (tertiary/aromatic N) is 1. The van der Waals surface area contributed by atoms with Crippen molar-refractivity contribution in [1.82, 2.24) is 10.2 Å². The summed E-state index contributed by atoms with van der Waals surface area (Å²) in [4.78, 5) is 13.6. The third-order valence-corrected chi connectivity index (χ3v) is 2.15. The molecule has 0 spiro atoms. The third kappa shape index (κ3) is 4.58. The van der Waals surface area contributed by atoms with Crippen molar-refractivity contribution in [3.05, 3.63) is 0 Å². The van der Waals surface area contributed by atoms with Crippen molar-refractivity contribution in [3.8, 4) is 0 Å². The maximum absolute atomic E-state index is 11.7. The SMILES string of the molecule is CCCC(C(=O)NC(C)CO)N(C)C. The highest BCUT2D eigenvalue weighted by molar-refractivity contribution is 5.81. The molecule has 0 fully saturated rings. The first-order chi connectivity index (χ1) is 6.52. The summed E-state index contributed by atoms with van der Waals surface area (Å²) in [6.45, 7) is 3.83. The van der Waals surface area contributed by atoms with E-state index < -0.39 is 0 Å². The molecule has 2 atom stereocenters. The lowest BCUT2D eigenvalue weighted by atomic mass is 10.1. The smallest absolute Gasteiger partial charge is 0.237 e. The van der Waals surface area contributed by atoms with Gasteiger partial charge in [0, 0.05) is 6.04 Å². The molecule has 0 heterocycles. The van der Waals surface area contributed by atoms with E-state index >= 15 is 0 Å². The molecule has 0 aromatic heterocycles. The van der Waals surface area contributed by atoms with Crippen LogP contribution in [-0.2, 0) is 4.79 Å². The normalized spacial score (nSPS) is 15.3. The van der Waals surface area contributed by atoms with Gasteiger partial charge in [-0.15, -0.1) is 0 Å². The van der Waals surface area contributed by atoms with E-state index in [0.717, 1.165) is 12.8 Å². The van der Waals surface area contributed by atoms with E-state index in [9.17, 15) is 4.79 Å². The fourth-order valence-electron chi connectivity index (χ4n) is 1.28. The second kappa shape index (κ2) is 6.79. The summed E-state index contributed by atoms with van der Waals surface area (Å²) < 4.78 is 0. The van der Waals surface area contributed by atoms with Crippen molar-refractivity contribution in [1.29, 1.82) is 0 Å². The number of nitrogens with one attached hydrogen (secondary N) is 1. The van der Waals surface area contributed by atoms with E-state index in [1.807, 2.05) is 19.0 Å². The summed E-state index contributed by atoms with van der Waals surface area (Å²) in [7, 11) is 3.78. The Morgan fingerprint density at radius 2 is 2.07 bits per heavy atom. The number of carbonyl (C=O) groups excluding carboxylic acids is 1. The molecule has 0 aliphatic heterocycles. The molecule has 0 aliphatic rings. The van der Waals surface area contributed by atoms with Crippen LogP contribution in [0.25, 0.3) is 0 Å². The van der Waals surface area contributed by atoms with Gasteiger partial charge in [-0.3, -0.25) is 9.69 Å². The van der Waals surface area contributed by atoms with Gasteiger partial charge in [-0.2, -0.15) is 0 Å². The predicted molar refractivity (Wildman–Crippen MR) is 57.1 cm³/mol. The maximum Gasteiger partial charge on any atom is 0.237 e. The summed E-state index contributed by atoms with van der Waals surface area (Å²) in [6, 6.07) is -0.254. The van der Waals surface area contributed by atoms with Crippen LogP contribution in [0.4, 0.5) is 0 Å². The van der Waals surface area contributed by atoms with Crippen molar-refractivity contribution in [3.63, 3.8) is 0 Å². The molecular formula is C10H22N2O2. The minimum absolute atomic E-state index is 0.00148. The Kier molecular flexibility index (Phi) is 6.49. The van der Waals surface area contributed by atoms with Crippen LogP contribution in [0, 0.1) is 0 Å². The minimum atomic E-state index is -0.165. The average molecular weight is 202 g/mol. The van der Waals surface area contributed by atoms with Crippen molar-refractivity contribution in [2.24, 2.45) is 0 Å². The topological polar surface area (TPSA) is 52.6 Å². The van der Waals surface area contributed by atoms with Gasteiger partial charge in [-0.05, 0) is 27.4 Å². The van der Waals surface area contributed by atoms with Gasteiger partial charge in [0.25, 0.3) is 0 Å². The van der Waals surface area contributed by atoms with E-state index in [1.54, 1.807) is 6.92 Å². The van der Waals surface area contributed by atoms with Gasteiger partial charge in [0.05, 0.1) is 12.6 Å². The molecule has 2 N–H and O–H groups in total. The Bertz CT molecular complexity index is 172. The molecule has 0 rings (SSSR count). The molecule has 0 radical (unpaired) electrons. The van der Waals surface area contributed by atoms with Crippen molar-refractivity contribution in [2.45, 2.75) is 38.8 Å². The minimum Gasteiger partial charge on any atom is -0.394 e. The van der Waals surface area contributed by atoms with Crippen molar-refractivity contribution < 1.29 is 9.90 Å². The lowest BCUT2D eigenvalue weighted by molar-refractivity contribution is -0.126. The first-order valence-electron chi connectivity index (χ1n) is 5.10. The summed E-state index contributed by atoms with van der Waals surface area (Å²) in [5.41, 5.74) is 0. The van der Waals surface area contributed by atoms with Gasteiger partial charge < -0.3 is 10.4 Å². The second-order valence-electron chi connectivity index (χ2n) is 3.86. The number of aliphatic hydroxyl groups excluding tert-OH is 1. The summed E-state index contributed by atoms with van der Waals surface area (Å²) in [5, 5.41) is 11.6. The van der Waals surface area contributed by atoms with Crippen LogP contribution in [-0.4, -0.2) is 48.7 Å². The van der Waals surface area contributed by atoms with Gasteiger partial charge in [-0.25, -0.2) is 0 Å². The number of hydrogen-bond acceptors (Lipinski definition) is 3. The van der Waals surface area contributed by atoms with Crippen molar-refractivity contribution >= 4 is 5.91 Å². The highest BCUT2D eigenvalue weighted by Crippen LogP contribution is 2.03. The molecule has 0 aliphatic carbocycles. The first kappa shape index (κ1) is 13.4. The fraction of sp³-hybridized carbons (Fsp3) is 0.900. The number of hydrogen-bond donors (Lipinski definition) is 2. The van der Waals surface area contributed by atoms with Gasteiger partial charge in [0.15, 0.2) is 0 Å². The molecule has 2 unspecified atom stereocenters. The van der Waals surface area contributed by atoms with Crippen LogP contribution >= 0.6 is 0 Å². The summed E-state index contributed by atoms with van der Waals surface area (Å²) in [5.74, 6) is -0.00148.